The van der Waals surface area contributed by atoms with Crippen molar-refractivity contribution >= 4 is 21.6 Å². The van der Waals surface area contributed by atoms with Crippen molar-refractivity contribution in [2.45, 2.75) is 19.8 Å². The van der Waals surface area contributed by atoms with Gasteiger partial charge < -0.3 is 15.1 Å². The first-order chi connectivity index (χ1) is 13.0. The molecule has 0 saturated carbocycles. The van der Waals surface area contributed by atoms with E-state index in [0.29, 0.717) is 30.8 Å². The fourth-order valence-electron chi connectivity index (χ4n) is 3.67. The molecule has 3 rings (SSSR count). The van der Waals surface area contributed by atoms with Crippen LogP contribution in [0.1, 0.15) is 30.1 Å². The summed E-state index contributed by atoms with van der Waals surface area (Å²) in [4.78, 5) is 17.3. The largest absolute Gasteiger partial charge is 0.352 e. The van der Waals surface area contributed by atoms with Crippen molar-refractivity contribution in [1.82, 2.24) is 15.1 Å². The number of amides is 1. The quantitative estimate of drug-likeness (QED) is 0.698. The highest BCUT2D eigenvalue weighted by atomic mass is 32.2. The third-order valence-electron chi connectivity index (χ3n) is 5.34. The fraction of sp³-hybridized carbons (Fsp3) is 0.632. The lowest BCUT2D eigenvalue weighted by Gasteiger charge is -2.33. The first kappa shape index (κ1) is 20.1. The number of carbonyl (C=O) groups is 1. The molecule has 0 aromatic heterocycles. The van der Waals surface area contributed by atoms with Gasteiger partial charge >= 0.3 is 0 Å². The SMILES string of the molecule is CCN1CCN(CCCNC(=O)c2cccc(N3CCCS3(=O)=O)c2)CC1. The predicted octanol–water partition coefficient (Wildman–Crippen LogP) is 0.984. The number of carbonyl (C=O) groups excluding carboxylic acids is 1. The zero-order valence-corrected chi connectivity index (χ0v) is 16.9. The van der Waals surface area contributed by atoms with Crippen molar-refractivity contribution in [2.75, 3.05) is 62.4 Å². The average molecular weight is 395 g/mol. The third kappa shape index (κ3) is 5.21. The van der Waals surface area contributed by atoms with Gasteiger partial charge in [0.2, 0.25) is 10.0 Å². The van der Waals surface area contributed by atoms with Gasteiger partial charge in [0.25, 0.3) is 5.91 Å². The van der Waals surface area contributed by atoms with Crippen LogP contribution in [-0.2, 0) is 10.0 Å². The fourth-order valence-corrected chi connectivity index (χ4v) is 5.22. The molecular formula is C19H30N4O3S. The van der Waals surface area contributed by atoms with E-state index in [-0.39, 0.29) is 11.7 Å². The average Bonchev–Trinajstić information content (AvgIpc) is 3.04. The van der Waals surface area contributed by atoms with Gasteiger partial charge in [-0.3, -0.25) is 9.10 Å². The minimum absolute atomic E-state index is 0.149. The van der Waals surface area contributed by atoms with E-state index in [9.17, 15) is 13.2 Å². The Morgan fingerprint density at radius 3 is 2.52 bits per heavy atom. The van der Waals surface area contributed by atoms with Gasteiger partial charge in [-0.2, -0.15) is 0 Å². The minimum atomic E-state index is -3.23. The zero-order chi connectivity index (χ0) is 19.3. The number of rotatable bonds is 7. The molecule has 0 unspecified atom stereocenters. The summed E-state index contributed by atoms with van der Waals surface area (Å²) in [5.74, 6) is 0.0277. The van der Waals surface area contributed by atoms with E-state index in [0.717, 1.165) is 45.7 Å². The van der Waals surface area contributed by atoms with Crippen molar-refractivity contribution in [3.05, 3.63) is 29.8 Å². The van der Waals surface area contributed by atoms with Gasteiger partial charge in [-0.1, -0.05) is 13.0 Å². The number of nitrogens with one attached hydrogen (secondary N) is 1. The number of hydrogen-bond donors (Lipinski definition) is 1. The van der Waals surface area contributed by atoms with Crippen LogP contribution in [0.2, 0.25) is 0 Å². The van der Waals surface area contributed by atoms with Crippen LogP contribution in [0.25, 0.3) is 0 Å². The molecule has 2 aliphatic heterocycles. The van der Waals surface area contributed by atoms with Gasteiger partial charge in [-0.05, 0) is 44.1 Å². The van der Waals surface area contributed by atoms with Crippen molar-refractivity contribution in [1.29, 1.82) is 0 Å². The molecular weight excluding hydrogens is 364 g/mol. The Hall–Kier alpha value is -1.64. The first-order valence-electron chi connectivity index (χ1n) is 9.83. The molecule has 2 aliphatic rings. The van der Waals surface area contributed by atoms with Gasteiger partial charge in [0.1, 0.15) is 0 Å². The Kier molecular flexibility index (Phi) is 6.73. The molecule has 1 amide bonds. The van der Waals surface area contributed by atoms with Crippen molar-refractivity contribution in [2.24, 2.45) is 0 Å². The summed E-state index contributed by atoms with van der Waals surface area (Å²) in [6, 6.07) is 6.88. The molecule has 8 heteroatoms. The molecule has 0 aliphatic carbocycles. The molecule has 150 valence electrons. The first-order valence-corrected chi connectivity index (χ1v) is 11.4. The zero-order valence-electron chi connectivity index (χ0n) is 16.1. The third-order valence-corrected chi connectivity index (χ3v) is 7.21. The summed E-state index contributed by atoms with van der Waals surface area (Å²) in [5.41, 5.74) is 1.08. The molecule has 2 saturated heterocycles. The molecule has 0 atom stereocenters. The highest BCUT2D eigenvalue weighted by Crippen LogP contribution is 2.24. The molecule has 2 heterocycles. The van der Waals surface area contributed by atoms with E-state index in [1.54, 1.807) is 24.3 Å². The molecule has 0 spiro atoms. The number of piperazine rings is 1. The van der Waals surface area contributed by atoms with Crippen molar-refractivity contribution < 1.29 is 13.2 Å². The van der Waals surface area contributed by atoms with Crippen LogP contribution in [0.15, 0.2) is 24.3 Å². The highest BCUT2D eigenvalue weighted by Gasteiger charge is 2.28. The Morgan fingerprint density at radius 2 is 1.85 bits per heavy atom. The van der Waals surface area contributed by atoms with E-state index in [2.05, 4.69) is 22.0 Å². The summed E-state index contributed by atoms with van der Waals surface area (Å²) in [7, 11) is -3.23. The second-order valence-electron chi connectivity index (χ2n) is 7.18. The summed E-state index contributed by atoms with van der Waals surface area (Å²) in [5, 5.41) is 2.95. The molecule has 7 nitrogen and oxygen atoms in total. The Balaban J connectivity index is 1.45. The van der Waals surface area contributed by atoms with Crippen LogP contribution in [0.5, 0.6) is 0 Å². The number of benzene rings is 1. The molecule has 0 bridgehead atoms. The van der Waals surface area contributed by atoms with Gasteiger partial charge in [0.05, 0.1) is 11.4 Å². The predicted molar refractivity (Wildman–Crippen MR) is 108 cm³/mol. The number of hydrogen-bond acceptors (Lipinski definition) is 5. The Bertz CT molecular complexity index is 745. The smallest absolute Gasteiger partial charge is 0.251 e. The maximum Gasteiger partial charge on any atom is 0.251 e. The molecule has 1 aromatic rings. The van der Waals surface area contributed by atoms with Gasteiger partial charge in [-0.25, -0.2) is 8.42 Å². The second-order valence-corrected chi connectivity index (χ2v) is 9.19. The number of sulfonamides is 1. The Labute approximate surface area is 162 Å². The summed E-state index contributed by atoms with van der Waals surface area (Å²) >= 11 is 0. The van der Waals surface area contributed by atoms with E-state index in [4.69, 9.17) is 0 Å². The molecule has 1 N–H and O–H groups in total. The normalized spacial score (nSPS) is 20.7. The van der Waals surface area contributed by atoms with Gasteiger partial charge in [0, 0.05) is 44.8 Å². The maximum atomic E-state index is 12.4. The van der Waals surface area contributed by atoms with Crippen LogP contribution in [-0.4, -0.2) is 82.2 Å². The second kappa shape index (κ2) is 9.03. The minimum Gasteiger partial charge on any atom is -0.352 e. The maximum absolute atomic E-state index is 12.4. The monoisotopic (exact) mass is 394 g/mol. The van der Waals surface area contributed by atoms with Crippen LogP contribution in [0.4, 0.5) is 5.69 Å². The molecule has 2 fully saturated rings. The van der Waals surface area contributed by atoms with Gasteiger partial charge in [-0.15, -0.1) is 0 Å². The number of likely N-dealkylation sites (N-methyl/N-ethyl adjacent to an activating group) is 1. The lowest BCUT2D eigenvalue weighted by molar-refractivity contribution is 0.0948. The van der Waals surface area contributed by atoms with Crippen LogP contribution >= 0.6 is 0 Å². The van der Waals surface area contributed by atoms with Crippen LogP contribution in [0.3, 0.4) is 0 Å². The molecule has 0 radical (unpaired) electrons. The highest BCUT2D eigenvalue weighted by molar-refractivity contribution is 7.93. The van der Waals surface area contributed by atoms with E-state index in [1.165, 1.54) is 4.31 Å². The summed E-state index contributed by atoms with van der Waals surface area (Å²) < 4.78 is 25.5. The van der Waals surface area contributed by atoms with Gasteiger partial charge in [0.15, 0.2) is 0 Å². The van der Waals surface area contributed by atoms with E-state index < -0.39 is 10.0 Å². The van der Waals surface area contributed by atoms with Crippen LogP contribution in [0, 0.1) is 0 Å². The molecule has 27 heavy (non-hydrogen) atoms. The standard InChI is InChI=1S/C19H30N4O3S/c1-2-21-11-13-22(14-12-21)9-4-8-20-19(24)17-6-3-7-18(16-17)23-10-5-15-27(23,25)26/h3,6-7,16H,2,4-5,8-15H2,1H3,(H,20,24). The molecule has 1 aromatic carbocycles. The topological polar surface area (TPSA) is 73.0 Å². The van der Waals surface area contributed by atoms with Crippen LogP contribution < -0.4 is 9.62 Å². The van der Waals surface area contributed by atoms with E-state index in [1.807, 2.05) is 0 Å². The number of anilines is 1. The van der Waals surface area contributed by atoms with E-state index >= 15 is 0 Å². The lowest BCUT2D eigenvalue weighted by Crippen LogP contribution is -2.46. The Morgan fingerprint density at radius 1 is 1.11 bits per heavy atom. The summed E-state index contributed by atoms with van der Waals surface area (Å²) in [6.45, 7) is 9.83. The van der Waals surface area contributed by atoms with Crippen molar-refractivity contribution in [3.63, 3.8) is 0 Å². The summed E-state index contributed by atoms with van der Waals surface area (Å²) in [6.07, 6.45) is 1.54. The lowest BCUT2D eigenvalue weighted by atomic mass is 10.2. The number of nitrogens with zero attached hydrogens (tertiary/aromatic N) is 3. The van der Waals surface area contributed by atoms with Crippen molar-refractivity contribution in [3.8, 4) is 0 Å².